The molecule has 0 aromatic carbocycles. The molecule has 160 valence electrons. The lowest BCUT2D eigenvalue weighted by Crippen LogP contribution is -2.59. The predicted molar refractivity (Wildman–Crippen MR) is 119 cm³/mol. The van der Waals surface area contributed by atoms with E-state index in [2.05, 4.69) is 83.9 Å². The Bertz CT molecular complexity index is 421. The molecule has 2 heterocycles. The molecule has 0 aliphatic carbocycles. The van der Waals surface area contributed by atoms with E-state index in [0.29, 0.717) is 16.5 Å². The van der Waals surface area contributed by atoms with E-state index in [1.165, 1.54) is 58.5 Å². The highest BCUT2D eigenvalue weighted by molar-refractivity contribution is 4.95. The Morgan fingerprint density at radius 2 is 0.926 bits per heavy atom. The van der Waals surface area contributed by atoms with E-state index in [9.17, 15) is 0 Å². The Hall–Kier alpha value is -0.120. The molecular weight excluding hydrogens is 330 g/mol. The SMILES string of the molecule is CC(C)(CC(C)(C)N1CCN(C(C)(C)C)CC1)C1CCN(C(C)(C)C)CC1. The molecule has 0 radical (unpaired) electrons. The second-order valence-corrected chi connectivity index (χ2v) is 12.6. The molecule has 0 spiro atoms. The second-order valence-electron chi connectivity index (χ2n) is 12.6. The lowest BCUT2D eigenvalue weighted by molar-refractivity contribution is -0.0224. The number of piperidine rings is 1. The number of nitrogens with zero attached hydrogens (tertiary/aromatic N) is 3. The fourth-order valence-electron chi connectivity index (χ4n) is 5.69. The van der Waals surface area contributed by atoms with Gasteiger partial charge in [0.1, 0.15) is 0 Å². The quantitative estimate of drug-likeness (QED) is 0.672. The smallest absolute Gasteiger partial charge is 0.0159 e. The van der Waals surface area contributed by atoms with Gasteiger partial charge in [-0.25, -0.2) is 0 Å². The summed E-state index contributed by atoms with van der Waals surface area (Å²) >= 11 is 0. The van der Waals surface area contributed by atoms with Gasteiger partial charge in [0.2, 0.25) is 0 Å². The number of piperazine rings is 1. The number of rotatable bonds is 4. The molecule has 2 saturated heterocycles. The third-order valence-electron chi connectivity index (χ3n) is 7.52. The zero-order chi connectivity index (χ0) is 20.7. The summed E-state index contributed by atoms with van der Waals surface area (Å²) in [5, 5.41) is 0. The van der Waals surface area contributed by atoms with Gasteiger partial charge in [-0.1, -0.05) is 13.8 Å². The van der Waals surface area contributed by atoms with Gasteiger partial charge in [0, 0.05) is 42.8 Å². The highest BCUT2D eigenvalue weighted by Crippen LogP contribution is 2.43. The van der Waals surface area contributed by atoms with Crippen LogP contribution in [0.4, 0.5) is 0 Å². The molecule has 2 aliphatic heterocycles. The first-order valence-corrected chi connectivity index (χ1v) is 11.4. The van der Waals surface area contributed by atoms with E-state index >= 15 is 0 Å². The van der Waals surface area contributed by atoms with Crippen LogP contribution < -0.4 is 0 Å². The zero-order valence-electron chi connectivity index (χ0n) is 20.3. The van der Waals surface area contributed by atoms with E-state index in [1.54, 1.807) is 0 Å². The largest absolute Gasteiger partial charge is 0.298 e. The molecule has 2 rings (SSSR count). The third kappa shape index (κ3) is 5.93. The number of hydrogen-bond acceptors (Lipinski definition) is 3. The maximum atomic E-state index is 2.77. The summed E-state index contributed by atoms with van der Waals surface area (Å²) in [6, 6.07) is 0. The maximum Gasteiger partial charge on any atom is 0.0159 e. The molecule has 0 aromatic heterocycles. The summed E-state index contributed by atoms with van der Waals surface area (Å²) in [4.78, 5) is 8.09. The fourth-order valence-corrected chi connectivity index (χ4v) is 5.69. The van der Waals surface area contributed by atoms with Crippen LogP contribution in [0.15, 0.2) is 0 Å². The van der Waals surface area contributed by atoms with Crippen molar-refractivity contribution in [1.29, 1.82) is 0 Å². The summed E-state index contributed by atoms with van der Waals surface area (Å²) < 4.78 is 0. The molecule has 2 aliphatic rings. The summed E-state index contributed by atoms with van der Waals surface area (Å²) in [5.74, 6) is 0.853. The molecular formula is C24H49N3. The van der Waals surface area contributed by atoms with Gasteiger partial charge in [-0.3, -0.25) is 14.7 Å². The molecule has 0 bridgehead atoms. The summed E-state index contributed by atoms with van der Waals surface area (Å²) in [6.45, 7) is 31.6. The van der Waals surface area contributed by atoms with Crippen molar-refractivity contribution >= 4 is 0 Å². The first-order chi connectivity index (χ1) is 12.1. The molecule has 3 heteroatoms. The normalized spacial score (nSPS) is 23.8. The lowest BCUT2D eigenvalue weighted by atomic mass is 9.67. The summed E-state index contributed by atoms with van der Waals surface area (Å²) in [6.07, 6.45) is 4.02. The lowest BCUT2D eigenvalue weighted by Gasteiger charge is -2.52. The molecule has 0 aromatic rings. The van der Waals surface area contributed by atoms with Crippen molar-refractivity contribution in [3.05, 3.63) is 0 Å². The average molecular weight is 380 g/mol. The van der Waals surface area contributed by atoms with Gasteiger partial charge >= 0.3 is 0 Å². The molecule has 0 N–H and O–H groups in total. The van der Waals surface area contributed by atoms with Crippen LogP contribution in [0.25, 0.3) is 0 Å². The van der Waals surface area contributed by atoms with E-state index < -0.39 is 0 Å². The van der Waals surface area contributed by atoms with Crippen LogP contribution in [0.1, 0.15) is 88.5 Å². The first-order valence-electron chi connectivity index (χ1n) is 11.4. The van der Waals surface area contributed by atoms with Gasteiger partial charge in [0.15, 0.2) is 0 Å². The minimum Gasteiger partial charge on any atom is -0.298 e. The zero-order valence-corrected chi connectivity index (χ0v) is 20.3. The van der Waals surface area contributed by atoms with Crippen LogP contribution in [0.2, 0.25) is 0 Å². The topological polar surface area (TPSA) is 9.72 Å². The molecule has 0 unspecified atom stereocenters. The Labute approximate surface area is 170 Å². The average Bonchev–Trinajstić information content (AvgIpc) is 2.52. The van der Waals surface area contributed by atoms with E-state index in [1.807, 2.05) is 0 Å². The minimum atomic E-state index is 0.286. The highest BCUT2D eigenvalue weighted by atomic mass is 15.3. The van der Waals surface area contributed by atoms with Crippen molar-refractivity contribution in [3.63, 3.8) is 0 Å². The number of likely N-dealkylation sites (tertiary alicyclic amines) is 1. The number of hydrogen-bond donors (Lipinski definition) is 0. The Morgan fingerprint density at radius 3 is 1.33 bits per heavy atom. The summed E-state index contributed by atoms with van der Waals surface area (Å²) in [5.41, 5.74) is 1.32. The molecule has 3 nitrogen and oxygen atoms in total. The van der Waals surface area contributed by atoms with Crippen LogP contribution in [0.5, 0.6) is 0 Å². The van der Waals surface area contributed by atoms with Gasteiger partial charge in [0.25, 0.3) is 0 Å². The Kier molecular flexibility index (Phi) is 6.82. The molecule has 2 fully saturated rings. The van der Waals surface area contributed by atoms with E-state index in [4.69, 9.17) is 0 Å². The molecule has 27 heavy (non-hydrogen) atoms. The van der Waals surface area contributed by atoms with Crippen molar-refractivity contribution < 1.29 is 0 Å². The first kappa shape index (κ1) is 23.2. The van der Waals surface area contributed by atoms with Crippen molar-refractivity contribution in [2.75, 3.05) is 39.3 Å². The standard InChI is InChI=1S/C24H49N3/c1-21(2,3)25-13-11-20(12-14-25)23(7,8)19-24(9,10)27-17-15-26(16-18-27)22(4,5)6/h20H,11-19H2,1-10H3. The van der Waals surface area contributed by atoms with Crippen molar-refractivity contribution in [3.8, 4) is 0 Å². The van der Waals surface area contributed by atoms with E-state index in [-0.39, 0.29) is 5.54 Å². The fraction of sp³-hybridized carbons (Fsp3) is 1.00. The molecule has 0 saturated carbocycles. The van der Waals surface area contributed by atoms with Gasteiger partial charge < -0.3 is 0 Å². The van der Waals surface area contributed by atoms with Crippen LogP contribution >= 0.6 is 0 Å². The predicted octanol–water partition coefficient (Wildman–Crippen LogP) is 5.11. The molecule has 0 amide bonds. The van der Waals surface area contributed by atoms with Crippen LogP contribution in [-0.2, 0) is 0 Å². The second kappa shape index (κ2) is 7.95. The third-order valence-corrected chi connectivity index (χ3v) is 7.52. The van der Waals surface area contributed by atoms with Crippen molar-refractivity contribution in [1.82, 2.24) is 14.7 Å². The monoisotopic (exact) mass is 379 g/mol. The maximum absolute atomic E-state index is 2.77. The Morgan fingerprint density at radius 1 is 0.556 bits per heavy atom. The van der Waals surface area contributed by atoms with Gasteiger partial charge in [0.05, 0.1) is 0 Å². The van der Waals surface area contributed by atoms with Gasteiger partial charge in [-0.05, 0) is 99.1 Å². The molecule has 0 atom stereocenters. The van der Waals surface area contributed by atoms with Crippen LogP contribution in [-0.4, -0.2) is 70.6 Å². The van der Waals surface area contributed by atoms with Crippen LogP contribution in [0.3, 0.4) is 0 Å². The summed E-state index contributed by atoms with van der Waals surface area (Å²) in [7, 11) is 0. The van der Waals surface area contributed by atoms with E-state index in [0.717, 1.165) is 5.92 Å². The van der Waals surface area contributed by atoms with Crippen molar-refractivity contribution in [2.45, 2.75) is 105 Å². The van der Waals surface area contributed by atoms with Crippen molar-refractivity contribution in [2.24, 2.45) is 11.3 Å². The minimum absolute atomic E-state index is 0.286. The van der Waals surface area contributed by atoms with Crippen LogP contribution in [0, 0.1) is 11.3 Å². The van der Waals surface area contributed by atoms with Gasteiger partial charge in [-0.2, -0.15) is 0 Å². The van der Waals surface area contributed by atoms with Gasteiger partial charge in [-0.15, -0.1) is 0 Å². The highest BCUT2D eigenvalue weighted by Gasteiger charge is 2.41. The Balaban J connectivity index is 1.92.